The van der Waals surface area contributed by atoms with Crippen molar-refractivity contribution < 1.29 is 4.79 Å². The molecule has 3 heterocycles. The lowest BCUT2D eigenvalue weighted by atomic mass is 9.92. The smallest absolute Gasteiger partial charge is 0.263 e. The lowest BCUT2D eigenvalue weighted by Crippen LogP contribution is -2.42. The minimum atomic E-state index is -0.126. The first-order valence-corrected chi connectivity index (χ1v) is 9.18. The van der Waals surface area contributed by atoms with Gasteiger partial charge in [0.2, 0.25) is 0 Å². The number of aromatic amines is 1. The van der Waals surface area contributed by atoms with Crippen LogP contribution >= 0.6 is 11.3 Å². The number of aromatic nitrogens is 1. The van der Waals surface area contributed by atoms with Crippen LogP contribution in [-0.2, 0) is 0 Å². The molecule has 4 rings (SSSR count). The van der Waals surface area contributed by atoms with Crippen LogP contribution < -0.4 is 5.56 Å². The number of nitrogens with zero attached hydrogens (tertiary/aromatic N) is 1. The molecule has 3 aromatic rings. The summed E-state index contributed by atoms with van der Waals surface area (Å²) in [6, 6.07) is 9.50. The van der Waals surface area contributed by atoms with Crippen LogP contribution in [-0.4, -0.2) is 28.9 Å². The van der Waals surface area contributed by atoms with Gasteiger partial charge in [-0.1, -0.05) is 32.0 Å². The first-order valence-electron chi connectivity index (χ1n) is 8.36. The zero-order valence-corrected chi connectivity index (χ0v) is 14.7. The molecule has 2 unspecified atom stereocenters. The van der Waals surface area contributed by atoms with Crippen molar-refractivity contribution in [3.8, 4) is 0 Å². The molecule has 1 aliphatic heterocycles. The van der Waals surface area contributed by atoms with Gasteiger partial charge in [0.05, 0.1) is 10.3 Å². The number of amides is 1. The summed E-state index contributed by atoms with van der Waals surface area (Å²) in [4.78, 5) is 30.8. The van der Waals surface area contributed by atoms with Gasteiger partial charge in [0.25, 0.3) is 11.5 Å². The molecule has 1 amide bonds. The van der Waals surface area contributed by atoms with Gasteiger partial charge in [-0.3, -0.25) is 9.59 Å². The van der Waals surface area contributed by atoms with Crippen molar-refractivity contribution in [1.29, 1.82) is 0 Å². The van der Waals surface area contributed by atoms with E-state index in [1.165, 1.54) is 17.8 Å². The summed E-state index contributed by atoms with van der Waals surface area (Å²) in [6.45, 7) is 5.99. The van der Waals surface area contributed by atoms with Crippen LogP contribution in [0.5, 0.6) is 0 Å². The summed E-state index contributed by atoms with van der Waals surface area (Å²) < 4.78 is 0.899. The largest absolute Gasteiger partial charge is 0.337 e. The van der Waals surface area contributed by atoms with E-state index in [0.29, 0.717) is 22.1 Å². The lowest BCUT2D eigenvalue weighted by Gasteiger charge is -2.34. The molecular weight excluding hydrogens is 320 g/mol. The predicted octanol–water partition coefficient (Wildman–Crippen LogP) is 3.86. The molecule has 0 saturated carbocycles. The second-order valence-electron chi connectivity index (χ2n) is 7.01. The van der Waals surface area contributed by atoms with Gasteiger partial charge in [-0.2, -0.15) is 0 Å². The van der Waals surface area contributed by atoms with Gasteiger partial charge in [-0.05, 0) is 30.4 Å². The van der Waals surface area contributed by atoms with Gasteiger partial charge >= 0.3 is 0 Å². The van der Waals surface area contributed by atoms with Gasteiger partial charge in [-0.15, -0.1) is 11.3 Å². The summed E-state index contributed by atoms with van der Waals surface area (Å²) in [5, 5.41) is 1.61. The number of pyridine rings is 1. The molecule has 24 heavy (non-hydrogen) atoms. The fourth-order valence-corrected chi connectivity index (χ4v) is 4.99. The van der Waals surface area contributed by atoms with Crippen molar-refractivity contribution in [2.45, 2.75) is 20.3 Å². The first kappa shape index (κ1) is 15.4. The fourth-order valence-electron chi connectivity index (χ4n) is 3.83. The molecule has 0 spiro atoms. The maximum Gasteiger partial charge on any atom is 0.263 e. The number of piperidine rings is 1. The summed E-state index contributed by atoms with van der Waals surface area (Å²) in [5.41, 5.74) is 0.690. The van der Waals surface area contributed by atoms with Crippen LogP contribution in [0.15, 0.2) is 35.1 Å². The van der Waals surface area contributed by atoms with Crippen molar-refractivity contribution in [1.82, 2.24) is 9.88 Å². The number of benzene rings is 1. The van der Waals surface area contributed by atoms with Gasteiger partial charge in [0.1, 0.15) is 0 Å². The Hall–Kier alpha value is -2.14. The molecule has 1 N–H and O–H groups in total. The number of carbonyl (C=O) groups is 1. The molecule has 124 valence electrons. The van der Waals surface area contributed by atoms with E-state index in [0.717, 1.165) is 28.7 Å². The maximum atomic E-state index is 12.9. The van der Waals surface area contributed by atoms with Gasteiger partial charge in [0.15, 0.2) is 0 Å². The average Bonchev–Trinajstić information content (AvgIpc) is 2.99. The zero-order valence-electron chi connectivity index (χ0n) is 13.8. The Kier molecular flexibility index (Phi) is 3.68. The minimum Gasteiger partial charge on any atom is -0.337 e. The number of para-hydroxylation sites is 1. The van der Waals surface area contributed by atoms with Crippen molar-refractivity contribution in [2.24, 2.45) is 11.8 Å². The van der Waals surface area contributed by atoms with E-state index in [-0.39, 0.29) is 11.5 Å². The number of hydrogen-bond donors (Lipinski definition) is 1. The molecule has 2 aromatic heterocycles. The number of hydrogen-bond acceptors (Lipinski definition) is 3. The van der Waals surface area contributed by atoms with E-state index < -0.39 is 0 Å². The van der Waals surface area contributed by atoms with Crippen molar-refractivity contribution in [3.05, 3.63) is 45.6 Å². The first-order chi connectivity index (χ1) is 11.5. The Morgan fingerprint density at radius 3 is 2.62 bits per heavy atom. The summed E-state index contributed by atoms with van der Waals surface area (Å²) in [7, 11) is 0. The molecule has 0 aliphatic carbocycles. The normalized spacial score (nSPS) is 21.5. The molecule has 0 bridgehead atoms. The Balaban J connectivity index is 1.80. The van der Waals surface area contributed by atoms with E-state index in [4.69, 9.17) is 0 Å². The van der Waals surface area contributed by atoms with E-state index in [9.17, 15) is 9.59 Å². The third-order valence-corrected chi connectivity index (χ3v) is 5.92. The molecule has 1 fully saturated rings. The monoisotopic (exact) mass is 340 g/mol. The van der Waals surface area contributed by atoms with E-state index >= 15 is 0 Å². The molecule has 1 aromatic carbocycles. The predicted molar refractivity (Wildman–Crippen MR) is 98.8 cm³/mol. The van der Waals surface area contributed by atoms with Gasteiger partial charge < -0.3 is 9.88 Å². The number of carbonyl (C=O) groups excluding carboxylic acids is 1. The number of rotatable bonds is 1. The van der Waals surface area contributed by atoms with Crippen LogP contribution in [0.4, 0.5) is 0 Å². The van der Waals surface area contributed by atoms with Crippen LogP contribution in [0.2, 0.25) is 0 Å². The highest BCUT2D eigenvalue weighted by molar-refractivity contribution is 7.21. The third kappa shape index (κ3) is 2.53. The highest BCUT2D eigenvalue weighted by Gasteiger charge is 2.27. The standard InChI is InChI=1S/C19H20N2O2S/c1-11-7-12(2)10-21(9-11)19(23)16-8-14-17(24-16)13-5-3-4-6-15(13)20-18(14)22/h3-6,8,11-12H,7,9-10H2,1-2H3,(H,20,22). The van der Waals surface area contributed by atoms with Gasteiger partial charge in [-0.25, -0.2) is 0 Å². The molecule has 1 aliphatic rings. The van der Waals surface area contributed by atoms with Crippen molar-refractivity contribution in [3.63, 3.8) is 0 Å². The number of likely N-dealkylation sites (tertiary alicyclic amines) is 1. The number of fused-ring (bicyclic) bond motifs is 3. The number of nitrogens with one attached hydrogen (secondary N) is 1. The molecule has 2 atom stereocenters. The maximum absolute atomic E-state index is 12.9. The zero-order chi connectivity index (χ0) is 16.8. The van der Waals surface area contributed by atoms with E-state index in [2.05, 4.69) is 18.8 Å². The fraction of sp³-hybridized carbons (Fsp3) is 0.368. The summed E-state index contributed by atoms with van der Waals surface area (Å²) in [5.74, 6) is 1.10. The summed E-state index contributed by atoms with van der Waals surface area (Å²) >= 11 is 1.43. The Bertz CT molecular complexity index is 978. The molecule has 4 nitrogen and oxygen atoms in total. The Morgan fingerprint density at radius 2 is 1.88 bits per heavy atom. The second-order valence-corrected chi connectivity index (χ2v) is 8.06. The second kappa shape index (κ2) is 5.74. The molecule has 1 saturated heterocycles. The Labute approximate surface area is 144 Å². The van der Waals surface area contributed by atoms with Crippen molar-refractivity contribution in [2.75, 3.05) is 13.1 Å². The highest BCUT2D eigenvalue weighted by Crippen LogP contribution is 2.31. The highest BCUT2D eigenvalue weighted by atomic mass is 32.1. The average molecular weight is 340 g/mol. The van der Waals surface area contributed by atoms with Crippen LogP contribution in [0.1, 0.15) is 29.9 Å². The topological polar surface area (TPSA) is 53.2 Å². The van der Waals surface area contributed by atoms with Crippen LogP contribution in [0.25, 0.3) is 21.0 Å². The SMILES string of the molecule is CC1CC(C)CN(C(=O)c2cc3c(=O)[nH]c4ccccc4c3s2)C1. The lowest BCUT2D eigenvalue weighted by molar-refractivity contribution is 0.0628. The summed E-state index contributed by atoms with van der Waals surface area (Å²) in [6.07, 6.45) is 1.17. The third-order valence-electron chi connectivity index (χ3n) is 4.76. The van der Waals surface area contributed by atoms with E-state index in [1.54, 1.807) is 6.07 Å². The van der Waals surface area contributed by atoms with Crippen molar-refractivity contribution >= 4 is 38.2 Å². The van der Waals surface area contributed by atoms with Crippen LogP contribution in [0.3, 0.4) is 0 Å². The van der Waals surface area contributed by atoms with Gasteiger partial charge in [0, 0.05) is 28.7 Å². The Morgan fingerprint density at radius 1 is 1.17 bits per heavy atom. The number of H-pyrrole nitrogens is 1. The molecular formula is C19H20N2O2S. The van der Waals surface area contributed by atoms with E-state index in [1.807, 2.05) is 29.2 Å². The number of thiophene rings is 1. The minimum absolute atomic E-state index is 0.0538. The van der Waals surface area contributed by atoms with Crippen LogP contribution in [0, 0.1) is 11.8 Å². The molecule has 0 radical (unpaired) electrons. The molecule has 5 heteroatoms. The quantitative estimate of drug-likeness (QED) is 0.731.